The molecule has 1 saturated carbocycles. The van der Waals surface area contributed by atoms with Crippen molar-refractivity contribution in [3.8, 4) is 5.75 Å². The molecule has 1 aromatic carbocycles. The van der Waals surface area contributed by atoms with Gasteiger partial charge in [0.1, 0.15) is 5.75 Å². The van der Waals surface area contributed by atoms with Gasteiger partial charge in [-0.15, -0.1) is 35.3 Å². The number of aliphatic imine (C=N–C) groups is 1. The molecule has 0 atom stereocenters. The van der Waals surface area contributed by atoms with Crippen LogP contribution in [0.1, 0.15) is 34.7 Å². The van der Waals surface area contributed by atoms with E-state index in [2.05, 4.69) is 51.1 Å². The summed E-state index contributed by atoms with van der Waals surface area (Å²) in [6.45, 7) is 6.46. The summed E-state index contributed by atoms with van der Waals surface area (Å²) in [5.74, 6) is 2.53. The lowest BCUT2D eigenvalue weighted by Gasteiger charge is -2.15. The maximum atomic E-state index is 6.04. The first kappa shape index (κ1) is 21.9. The number of guanidine groups is 1. The molecule has 0 amide bonds. The van der Waals surface area contributed by atoms with Crippen LogP contribution in [-0.2, 0) is 13.0 Å². The number of hydrogen-bond donors (Lipinski definition) is 2. The van der Waals surface area contributed by atoms with Gasteiger partial charge in [-0.2, -0.15) is 0 Å². The van der Waals surface area contributed by atoms with Crippen LogP contribution in [0, 0.1) is 19.8 Å². The number of thiazole rings is 1. The van der Waals surface area contributed by atoms with Gasteiger partial charge in [-0.1, -0.05) is 12.1 Å². The van der Waals surface area contributed by atoms with Crippen molar-refractivity contribution in [1.82, 2.24) is 15.6 Å². The van der Waals surface area contributed by atoms with Gasteiger partial charge in [0.15, 0.2) is 5.96 Å². The van der Waals surface area contributed by atoms with Crippen molar-refractivity contribution < 1.29 is 4.74 Å². The molecule has 1 aliphatic carbocycles. The molecular formula is C20H29IN4OS. The van der Waals surface area contributed by atoms with Gasteiger partial charge in [0.05, 0.1) is 17.3 Å². The van der Waals surface area contributed by atoms with Gasteiger partial charge in [0.25, 0.3) is 0 Å². The van der Waals surface area contributed by atoms with Crippen LogP contribution in [0.2, 0.25) is 0 Å². The molecule has 148 valence electrons. The SMILES string of the molecule is CN=C(NCCc1csc(C)n1)NCc1ccc(C)cc1OCC1CC1.I. The Balaban J connectivity index is 0.00000261. The normalized spacial score (nSPS) is 13.8. The molecule has 2 aromatic rings. The number of benzene rings is 1. The number of nitrogens with one attached hydrogen (secondary N) is 2. The Labute approximate surface area is 183 Å². The Morgan fingerprint density at radius 3 is 2.78 bits per heavy atom. The van der Waals surface area contributed by atoms with Gasteiger partial charge < -0.3 is 15.4 Å². The summed E-state index contributed by atoms with van der Waals surface area (Å²) in [5, 5.41) is 9.96. The van der Waals surface area contributed by atoms with Crippen LogP contribution in [0.15, 0.2) is 28.6 Å². The summed E-state index contributed by atoms with van der Waals surface area (Å²) in [7, 11) is 1.79. The fourth-order valence-corrected chi connectivity index (χ4v) is 3.31. The van der Waals surface area contributed by atoms with Gasteiger partial charge in [-0.05, 0) is 44.2 Å². The van der Waals surface area contributed by atoms with E-state index in [1.807, 2.05) is 6.92 Å². The predicted molar refractivity (Wildman–Crippen MR) is 124 cm³/mol. The number of aromatic nitrogens is 1. The first-order valence-corrected chi connectivity index (χ1v) is 10.1. The summed E-state index contributed by atoms with van der Waals surface area (Å²) in [6, 6.07) is 6.39. The number of hydrogen-bond acceptors (Lipinski definition) is 4. The molecule has 1 fully saturated rings. The molecule has 0 unspecified atom stereocenters. The fourth-order valence-electron chi connectivity index (χ4n) is 2.67. The van der Waals surface area contributed by atoms with Crippen molar-refractivity contribution in [2.24, 2.45) is 10.9 Å². The van der Waals surface area contributed by atoms with Crippen LogP contribution in [0.25, 0.3) is 0 Å². The molecule has 0 bridgehead atoms. The quantitative estimate of drug-likeness (QED) is 0.326. The summed E-state index contributed by atoms with van der Waals surface area (Å²) in [6.07, 6.45) is 3.49. The van der Waals surface area contributed by atoms with E-state index in [-0.39, 0.29) is 24.0 Å². The van der Waals surface area contributed by atoms with Crippen LogP contribution < -0.4 is 15.4 Å². The van der Waals surface area contributed by atoms with Crippen LogP contribution in [0.5, 0.6) is 5.75 Å². The predicted octanol–water partition coefficient (Wildman–Crippen LogP) is 4.07. The van der Waals surface area contributed by atoms with E-state index < -0.39 is 0 Å². The Bertz CT molecular complexity index is 758. The highest BCUT2D eigenvalue weighted by molar-refractivity contribution is 14.0. The molecule has 1 aliphatic rings. The molecule has 7 heteroatoms. The highest BCUT2D eigenvalue weighted by Crippen LogP contribution is 2.30. The second-order valence-corrected chi connectivity index (χ2v) is 7.89. The van der Waals surface area contributed by atoms with Crippen molar-refractivity contribution in [2.75, 3.05) is 20.2 Å². The highest BCUT2D eigenvalue weighted by atomic mass is 127. The van der Waals surface area contributed by atoms with Gasteiger partial charge >= 0.3 is 0 Å². The smallest absolute Gasteiger partial charge is 0.191 e. The van der Waals surface area contributed by atoms with E-state index >= 15 is 0 Å². The van der Waals surface area contributed by atoms with E-state index in [1.165, 1.54) is 18.4 Å². The second-order valence-electron chi connectivity index (χ2n) is 6.83. The number of ether oxygens (including phenoxy) is 1. The third-order valence-electron chi connectivity index (χ3n) is 4.40. The molecule has 0 aliphatic heterocycles. The lowest BCUT2D eigenvalue weighted by Crippen LogP contribution is -2.38. The fraction of sp³-hybridized carbons (Fsp3) is 0.500. The average molecular weight is 500 g/mol. The Kier molecular flexibility index (Phi) is 8.82. The van der Waals surface area contributed by atoms with Crippen molar-refractivity contribution in [2.45, 2.75) is 39.7 Å². The number of aryl methyl sites for hydroxylation is 2. The second kappa shape index (κ2) is 10.8. The van der Waals surface area contributed by atoms with Gasteiger partial charge in [-0.3, -0.25) is 4.99 Å². The first-order valence-electron chi connectivity index (χ1n) is 9.22. The number of nitrogens with zero attached hydrogens (tertiary/aromatic N) is 2. The Hall–Kier alpha value is -1.35. The molecule has 0 radical (unpaired) electrons. The summed E-state index contributed by atoms with van der Waals surface area (Å²) >= 11 is 1.69. The van der Waals surface area contributed by atoms with E-state index in [0.29, 0.717) is 6.54 Å². The van der Waals surface area contributed by atoms with Crippen molar-refractivity contribution in [3.05, 3.63) is 45.4 Å². The van der Waals surface area contributed by atoms with E-state index in [1.54, 1.807) is 18.4 Å². The molecule has 0 spiro atoms. The summed E-state index contributed by atoms with van der Waals surface area (Å²) in [4.78, 5) is 8.79. The zero-order valence-electron chi connectivity index (χ0n) is 16.2. The zero-order chi connectivity index (χ0) is 18.4. The lowest BCUT2D eigenvalue weighted by molar-refractivity contribution is 0.296. The van der Waals surface area contributed by atoms with Crippen LogP contribution in [0.3, 0.4) is 0 Å². The summed E-state index contributed by atoms with van der Waals surface area (Å²) < 4.78 is 6.04. The van der Waals surface area contributed by atoms with E-state index in [4.69, 9.17) is 4.74 Å². The Morgan fingerprint density at radius 2 is 2.11 bits per heavy atom. The van der Waals surface area contributed by atoms with Crippen molar-refractivity contribution in [1.29, 1.82) is 0 Å². The minimum atomic E-state index is 0. The third-order valence-corrected chi connectivity index (χ3v) is 5.23. The first-order chi connectivity index (χ1) is 12.6. The zero-order valence-corrected chi connectivity index (χ0v) is 19.4. The molecule has 5 nitrogen and oxygen atoms in total. The lowest BCUT2D eigenvalue weighted by atomic mass is 10.1. The maximum absolute atomic E-state index is 6.04. The number of halogens is 1. The maximum Gasteiger partial charge on any atom is 0.191 e. The summed E-state index contributed by atoms with van der Waals surface area (Å²) in [5.41, 5.74) is 3.51. The van der Waals surface area contributed by atoms with Crippen molar-refractivity contribution >= 4 is 41.3 Å². The topological polar surface area (TPSA) is 58.5 Å². The molecule has 27 heavy (non-hydrogen) atoms. The van der Waals surface area contributed by atoms with Crippen LogP contribution in [0.4, 0.5) is 0 Å². The molecule has 3 rings (SSSR count). The monoisotopic (exact) mass is 500 g/mol. The molecule has 0 saturated heterocycles. The van der Waals surface area contributed by atoms with Crippen molar-refractivity contribution in [3.63, 3.8) is 0 Å². The molecular weight excluding hydrogens is 471 g/mol. The third kappa shape index (κ3) is 7.29. The van der Waals surface area contributed by atoms with Gasteiger partial charge in [0.2, 0.25) is 0 Å². The largest absolute Gasteiger partial charge is 0.493 e. The average Bonchev–Trinajstić information content (AvgIpc) is 3.37. The standard InChI is InChI=1S/C20H28N4OS.HI/c1-14-4-7-17(19(10-14)25-12-16-5-6-16)11-23-20(21-3)22-9-8-18-13-26-15(2)24-18;/h4,7,10,13,16H,5-6,8-9,11-12H2,1-3H3,(H2,21,22,23);1H. The van der Waals surface area contributed by atoms with E-state index in [0.717, 1.165) is 53.5 Å². The number of rotatable bonds is 8. The molecule has 1 aromatic heterocycles. The van der Waals surface area contributed by atoms with Crippen LogP contribution >= 0.6 is 35.3 Å². The highest BCUT2D eigenvalue weighted by Gasteiger charge is 2.22. The minimum Gasteiger partial charge on any atom is -0.493 e. The molecule has 2 N–H and O–H groups in total. The van der Waals surface area contributed by atoms with Gasteiger partial charge in [0, 0.05) is 37.5 Å². The van der Waals surface area contributed by atoms with E-state index in [9.17, 15) is 0 Å². The van der Waals surface area contributed by atoms with Crippen LogP contribution in [-0.4, -0.2) is 31.1 Å². The minimum absolute atomic E-state index is 0. The molecule has 1 heterocycles. The van der Waals surface area contributed by atoms with Gasteiger partial charge in [-0.25, -0.2) is 4.98 Å². The Morgan fingerprint density at radius 1 is 1.30 bits per heavy atom.